The van der Waals surface area contributed by atoms with Gasteiger partial charge >= 0.3 is 0 Å². The standard InChI is InChI=1S/C18H19NOS2/c20-18(17-13-14-7-4-5-10-16(14)22-17)19-11-6-12-21-15-8-2-1-3-9-15/h1-5,7-10,17H,6,11-13H2,(H,19,20). The molecule has 4 heteroatoms. The zero-order chi connectivity index (χ0) is 15.2. The molecular weight excluding hydrogens is 310 g/mol. The SMILES string of the molecule is O=C(NCCCSc1ccccc1)C1Cc2ccccc2S1. The van der Waals surface area contributed by atoms with E-state index in [1.807, 2.05) is 30.0 Å². The number of thioether (sulfide) groups is 2. The highest BCUT2D eigenvalue weighted by molar-refractivity contribution is 8.01. The summed E-state index contributed by atoms with van der Waals surface area (Å²) in [5.41, 5.74) is 1.30. The van der Waals surface area contributed by atoms with Crippen LogP contribution < -0.4 is 5.32 Å². The molecule has 1 unspecified atom stereocenters. The number of nitrogens with one attached hydrogen (secondary N) is 1. The summed E-state index contributed by atoms with van der Waals surface area (Å²) in [6.07, 6.45) is 1.85. The first kappa shape index (κ1) is 15.5. The number of hydrogen-bond donors (Lipinski definition) is 1. The van der Waals surface area contributed by atoms with E-state index in [0.29, 0.717) is 0 Å². The molecule has 0 aliphatic carbocycles. The van der Waals surface area contributed by atoms with Gasteiger partial charge in [0.2, 0.25) is 5.91 Å². The summed E-state index contributed by atoms with van der Waals surface area (Å²) in [5.74, 6) is 1.20. The van der Waals surface area contributed by atoms with Gasteiger partial charge in [0.25, 0.3) is 0 Å². The Labute approximate surface area is 140 Å². The average Bonchev–Trinajstić information content (AvgIpc) is 2.99. The zero-order valence-corrected chi connectivity index (χ0v) is 14.0. The molecule has 3 rings (SSSR count). The molecule has 0 aromatic heterocycles. The zero-order valence-electron chi connectivity index (χ0n) is 12.3. The number of carbonyl (C=O) groups excluding carboxylic acids is 1. The van der Waals surface area contributed by atoms with Crippen molar-refractivity contribution in [3.63, 3.8) is 0 Å². The van der Waals surface area contributed by atoms with Gasteiger partial charge in [0.15, 0.2) is 0 Å². The number of rotatable bonds is 6. The van der Waals surface area contributed by atoms with Gasteiger partial charge in [-0.1, -0.05) is 36.4 Å². The van der Waals surface area contributed by atoms with E-state index in [-0.39, 0.29) is 11.2 Å². The summed E-state index contributed by atoms with van der Waals surface area (Å²) >= 11 is 3.53. The summed E-state index contributed by atoms with van der Waals surface area (Å²) in [7, 11) is 0. The lowest BCUT2D eigenvalue weighted by Gasteiger charge is -2.09. The van der Waals surface area contributed by atoms with Crippen LogP contribution in [0.25, 0.3) is 0 Å². The first-order chi connectivity index (χ1) is 10.8. The molecule has 1 amide bonds. The molecular formula is C18H19NOS2. The Hall–Kier alpha value is -1.39. The molecule has 1 heterocycles. The molecule has 1 atom stereocenters. The highest BCUT2D eigenvalue weighted by atomic mass is 32.2. The maximum atomic E-state index is 12.2. The molecule has 114 valence electrons. The van der Waals surface area contributed by atoms with Crippen molar-refractivity contribution in [1.29, 1.82) is 0 Å². The van der Waals surface area contributed by atoms with E-state index in [9.17, 15) is 4.79 Å². The van der Waals surface area contributed by atoms with Gasteiger partial charge in [-0.2, -0.15) is 0 Å². The minimum Gasteiger partial charge on any atom is -0.355 e. The van der Waals surface area contributed by atoms with Gasteiger partial charge in [-0.3, -0.25) is 4.79 Å². The lowest BCUT2D eigenvalue weighted by molar-refractivity contribution is -0.120. The Morgan fingerprint density at radius 2 is 1.91 bits per heavy atom. The molecule has 2 aromatic rings. The second-order valence-corrected chi connectivity index (χ2v) is 7.64. The molecule has 0 saturated heterocycles. The smallest absolute Gasteiger partial charge is 0.233 e. The summed E-state index contributed by atoms with van der Waals surface area (Å²) in [5, 5.41) is 3.11. The summed E-state index contributed by atoms with van der Waals surface area (Å²) < 4.78 is 0. The highest BCUT2D eigenvalue weighted by Crippen LogP contribution is 2.36. The Kier molecular flexibility index (Phi) is 5.46. The maximum absolute atomic E-state index is 12.2. The first-order valence-electron chi connectivity index (χ1n) is 7.53. The lowest BCUT2D eigenvalue weighted by Crippen LogP contribution is -2.33. The first-order valence-corrected chi connectivity index (χ1v) is 9.39. The van der Waals surface area contributed by atoms with Gasteiger partial charge < -0.3 is 5.32 Å². The molecule has 1 aliphatic rings. The lowest BCUT2D eigenvalue weighted by atomic mass is 10.1. The molecule has 2 nitrogen and oxygen atoms in total. The monoisotopic (exact) mass is 329 g/mol. The van der Waals surface area contributed by atoms with Gasteiger partial charge in [-0.25, -0.2) is 0 Å². The Morgan fingerprint density at radius 3 is 2.73 bits per heavy atom. The van der Waals surface area contributed by atoms with Crippen LogP contribution in [0.15, 0.2) is 64.4 Å². The number of amides is 1. The molecule has 0 radical (unpaired) electrons. The van der Waals surface area contributed by atoms with Crippen LogP contribution in [0.1, 0.15) is 12.0 Å². The van der Waals surface area contributed by atoms with Crippen LogP contribution in [0, 0.1) is 0 Å². The van der Waals surface area contributed by atoms with Crippen LogP contribution in [-0.2, 0) is 11.2 Å². The van der Waals surface area contributed by atoms with E-state index in [0.717, 1.165) is 25.1 Å². The van der Waals surface area contributed by atoms with E-state index in [1.165, 1.54) is 15.4 Å². The van der Waals surface area contributed by atoms with Crippen LogP contribution in [0.2, 0.25) is 0 Å². The van der Waals surface area contributed by atoms with E-state index in [4.69, 9.17) is 0 Å². The predicted molar refractivity (Wildman–Crippen MR) is 94.6 cm³/mol. The molecule has 2 aromatic carbocycles. The van der Waals surface area contributed by atoms with Crippen molar-refractivity contribution in [1.82, 2.24) is 5.32 Å². The van der Waals surface area contributed by atoms with Gasteiger partial charge in [-0.15, -0.1) is 23.5 Å². The van der Waals surface area contributed by atoms with Crippen LogP contribution in [0.3, 0.4) is 0 Å². The molecule has 0 bridgehead atoms. The molecule has 0 spiro atoms. The Balaban J connectivity index is 1.35. The minimum atomic E-state index is 0.0409. The van der Waals surface area contributed by atoms with Gasteiger partial charge in [-0.05, 0) is 42.4 Å². The van der Waals surface area contributed by atoms with Crippen molar-refractivity contribution in [2.45, 2.75) is 27.9 Å². The topological polar surface area (TPSA) is 29.1 Å². The third kappa shape index (κ3) is 4.08. The second-order valence-electron chi connectivity index (χ2n) is 5.22. The fourth-order valence-corrected chi connectivity index (χ4v) is 4.53. The maximum Gasteiger partial charge on any atom is 0.233 e. The van der Waals surface area contributed by atoms with Crippen LogP contribution in [0.5, 0.6) is 0 Å². The van der Waals surface area contributed by atoms with Crippen molar-refractivity contribution in [2.75, 3.05) is 12.3 Å². The summed E-state index contributed by atoms with van der Waals surface area (Å²) in [6, 6.07) is 18.7. The summed E-state index contributed by atoms with van der Waals surface area (Å²) in [4.78, 5) is 14.7. The quantitative estimate of drug-likeness (QED) is 0.641. The molecule has 0 fully saturated rings. The largest absolute Gasteiger partial charge is 0.355 e. The summed E-state index contributed by atoms with van der Waals surface area (Å²) in [6.45, 7) is 0.756. The average molecular weight is 329 g/mol. The van der Waals surface area contributed by atoms with E-state index in [2.05, 4.69) is 41.7 Å². The Bertz CT molecular complexity index is 605. The van der Waals surface area contributed by atoms with Gasteiger partial charge in [0, 0.05) is 16.3 Å². The van der Waals surface area contributed by atoms with Crippen molar-refractivity contribution in [3.05, 3.63) is 60.2 Å². The highest BCUT2D eigenvalue weighted by Gasteiger charge is 2.27. The molecule has 0 saturated carbocycles. The minimum absolute atomic E-state index is 0.0409. The normalized spacial score (nSPS) is 16.3. The van der Waals surface area contributed by atoms with Crippen LogP contribution >= 0.6 is 23.5 Å². The predicted octanol–water partition coefficient (Wildman–Crippen LogP) is 4.00. The molecule has 1 aliphatic heterocycles. The number of carbonyl (C=O) groups is 1. The second kappa shape index (κ2) is 7.75. The molecule has 1 N–H and O–H groups in total. The van der Waals surface area contributed by atoms with Crippen molar-refractivity contribution < 1.29 is 4.79 Å². The van der Waals surface area contributed by atoms with Gasteiger partial charge in [0.05, 0.1) is 5.25 Å². The fraction of sp³-hybridized carbons (Fsp3) is 0.278. The number of hydrogen-bond acceptors (Lipinski definition) is 3. The van der Waals surface area contributed by atoms with Crippen LogP contribution in [-0.4, -0.2) is 23.5 Å². The molecule has 22 heavy (non-hydrogen) atoms. The number of benzene rings is 2. The Morgan fingerprint density at radius 1 is 1.14 bits per heavy atom. The van der Waals surface area contributed by atoms with E-state index < -0.39 is 0 Å². The van der Waals surface area contributed by atoms with Crippen molar-refractivity contribution in [2.24, 2.45) is 0 Å². The third-order valence-electron chi connectivity index (χ3n) is 3.57. The number of fused-ring (bicyclic) bond motifs is 1. The third-order valence-corrected chi connectivity index (χ3v) is 5.99. The van der Waals surface area contributed by atoms with Crippen molar-refractivity contribution >= 4 is 29.4 Å². The van der Waals surface area contributed by atoms with Crippen molar-refractivity contribution in [3.8, 4) is 0 Å². The fourth-order valence-electron chi connectivity index (χ4n) is 2.43. The van der Waals surface area contributed by atoms with Gasteiger partial charge in [0.1, 0.15) is 0 Å². The van der Waals surface area contributed by atoms with E-state index in [1.54, 1.807) is 11.8 Å². The van der Waals surface area contributed by atoms with Crippen LogP contribution in [0.4, 0.5) is 0 Å². The van der Waals surface area contributed by atoms with E-state index >= 15 is 0 Å².